The maximum Gasteiger partial charge on any atom is 0.321 e. The minimum atomic E-state index is -3.20. The highest BCUT2D eigenvalue weighted by Gasteiger charge is 2.31. The molecule has 2 fully saturated rings. The van der Waals surface area contributed by atoms with E-state index in [1.54, 1.807) is 14.0 Å². The van der Waals surface area contributed by atoms with Crippen LogP contribution in [0.15, 0.2) is 0 Å². The van der Waals surface area contributed by atoms with E-state index in [-0.39, 0.29) is 18.0 Å². The van der Waals surface area contributed by atoms with Gasteiger partial charge in [0, 0.05) is 32.2 Å². The van der Waals surface area contributed by atoms with E-state index < -0.39 is 22.1 Å². The second-order valence-electron chi connectivity index (χ2n) is 7.52. The van der Waals surface area contributed by atoms with E-state index in [4.69, 9.17) is 0 Å². The SMILES string of the molecule is CC(C(=O)NC(=O)NC1CCCCC1)N1CCC(N(C)S(C)(=O)=O)CC1. The van der Waals surface area contributed by atoms with Crippen LogP contribution >= 0.6 is 0 Å². The van der Waals surface area contributed by atoms with Crippen LogP contribution in [0.4, 0.5) is 4.79 Å². The summed E-state index contributed by atoms with van der Waals surface area (Å²) < 4.78 is 24.7. The molecule has 1 saturated heterocycles. The van der Waals surface area contributed by atoms with Crippen molar-refractivity contribution in [2.75, 3.05) is 26.4 Å². The molecule has 26 heavy (non-hydrogen) atoms. The molecular formula is C17H32N4O4S. The molecule has 1 atom stereocenters. The van der Waals surface area contributed by atoms with Gasteiger partial charge in [-0.1, -0.05) is 19.3 Å². The van der Waals surface area contributed by atoms with Crippen LogP contribution in [0.1, 0.15) is 51.9 Å². The number of nitrogens with zero attached hydrogens (tertiary/aromatic N) is 2. The van der Waals surface area contributed by atoms with Crippen LogP contribution in [-0.4, -0.2) is 74.1 Å². The number of carbonyl (C=O) groups is 2. The molecule has 1 heterocycles. The first kappa shape index (κ1) is 21.1. The number of imide groups is 1. The Morgan fingerprint density at radius 1 is 1.08 bits per heavy atom. The van der Waals surface area contributed by atoms with Crippen molar-refractivity contribution in [1.82, 2.24) is 19.8 Å². The number of likely N-dealkylation sites (tertiary alicyclic amines) is 1. The predicted molar refractivity (Wildman–Crippen MR) is 100 cm³/mol. The minimum Gasteiger partial charge on any atom is -0.335 e. The number of hydrogen-bond acceptors (Lipinski definition) is 5. The lowest BCUT2D eigenvalue weighted by Crippen LogP contribution is -2.54. The largest absolute Gasteiger partial charge is 0.335 e. The highest BCUT2D eigenvalue weighted by Crippen LogP contribution is 2.19. The zero-order valence-corrected chi connectivity index (χ0v) is 16.8. The summed E-state index contributed by atoms with van der Waals surface area (Å²) in [7, 11) is -1.61. The van der Waals surface area contributed by atoms with Gasteiger partial charge in [-0.25, -0.2) is 17.5 Å². The summed E-state index contributed by atoms with van der Waals surface area (Å²) in [5.41, 5.74) is 0. The molecule has 2 N–H and O–H groups in total. The van der Waals surface area contributed by atoms with Crippen molar-refractivity contribution < 1.29 is 18.0 Å². The topological polar surface area (TPSA) is 98.8 Å². The number of nitrogens with one attached hydrogen (secondary N) is 2. The van der Waals surface area contributed by atoms with Crippen molar-refractivity contribution in [3.8, 4) is 0 Å². The van der Waals surface area contributed by atoms with Gasteiger partial charge in [0.2, 0.25) is 15.9 Å². The molecule has 2 aliphatic rings. The third kappa shape index (κ3) is 5.92. The number of amides is 3. The van der Waals surface area contributed by atoms with Gasteiger partial charge in [-0.2, -0.15) is 0 Å². The average Bonchev–Trinajstić information content (AvgIpc) is 2.60. The average molecular weight is 389 g/mol. The maximum atomic E-state index is 12.3. The van der Waals surface area contributed by atoms with Crippen LogP contribution < -0.4 is 10.6 Å². The molecule has 9 heteroatoms. The van der Waals surface area contributed by atoms with E-state index in [0.717, 1.165) is 25.7 Å². The Balaban J connectivity index is 1.77. The Hall–Kier alpha value is -1.19. The van der Waals surface area contributed by atoms with Gasteiger partial charge in [-0.05, 0) is 32.6 Å². The molecule has 1 aliphatic carbocycles. The molecule has 2 rings (SSSR count). The normalized spacial score (nSPS) is 22.2. The summed E-state index contributed by atoms with van der Waals surface area (Å²) >= 11 is 0. The summed E-state index contributed by atoms with van der Waals surface area (Å²) in [5.74, 6) is -0.312. The van der Waals surface area contributed by atoms with E-state index in [1.807, 2.05) is 4.90 Å². The zero-order chi connectivity index (χ0) is 19.3. The van der Waals surface area contributed by atoms with Gasteiger partial charge in [0.05, 0.1) is 12.3 Å². The van der Waals surface area contributed by atoms with E-state index >= 15 is 0 Å². The van der Waals surface area contributed by atoms with Gasteiger partial charge in [-0.3, -0.25) is 15.0 Å². The van der Waals surface area contributed by atoms with Crippen molar-refractivity contribution in [2.24, 2.45) is 0 Å². The summed E-state index contributed by atoms with van der Waals surface area (Å²) in [6.07, 6.45) is 7.95. The van der Waals surface area contributed by atoms with Crippen LogP contribution in [0, 0.1) is 0 Å². The Kier molecular flexibility index (Phi) is 7.42. The molecule has 1 aliphatic heterocycles. The van der Waals surface area contributed by atoms with Crippen LogP contribution in [0.5, 0.6) is 0 Å². The highest BCUT2D eigenvalue weighted by molar-refractivity contribution is 7.88. The molecular weight excluding hydrogens is 356 g/mol. The standard InChI is InChI=1S/C17H32N4O4S/c1-13(16(22)19-17(23)18-14-7-5-4-6-8-14)21-11-9-15(10-12-21)20(2)26(3,24)25/h13-15H,4-12H2,1-3H3,(H2,18,19,22,23). The van der Waals surface area contributed by atoms with E-state index in [2.05, 4.69) is 10.6 Å². The lowest BCUT2D eigenvalue weighted by Gasteiger charge is -2.37. The molecule has 0 aromatic carbocycles. The third-order valence-electron chi connectivity index (χ3n) is 5.64. The lowest BCUT2D eigenvalue weighted by atomic mass is 9.96. The van der Waals surface area contributed by atoms with Crippen LogP contribution in [-0.2, 0) is 14.8 Å². The van der Waals surface area contributed by atoms with Crippen molar-refractivity contribution in [2.45, 2.75) is 70.0 Å². The number of carbonyl (C=O) groups excluding carboxylic acids is 2. The Labute approximate surface area is 156 Å². The number of urea groups is 1. The Morgan fingerprint density at radius 3 is 2.19 bits per heavy atom. The number of piperidine rings is 1. The van der Waals surface area contributed by atoms with Gasteiger partial charge in [-0.15, -0.1) is 0 Å². The van der Waals surface area contributed by atoms with Crippen LogP contribution in [0.2, 0.25) is 0 Å². The molecule has 0 radical (unpaired) electrons. The minimum absolute atomic E-state index is 0.0360. The highest BCUT2D eigenvalue weighted by atomic mass is 32.2. The third-order valence-corrected chi connectivity index (χ3v) is 6.99. The number of sulfonamides is 1. The summed E-state index contributed by atoms with van der Waals surface area (Å²) in [5, 5.41) is 5.33. The summed E-state index contributed by atoms with van der Waals surface area (Å²) in [6, 6.07) is -0.711. The number of rotatable bonds is 5. The summed E-state index contributed by atoms with van der Waals surface area (Å²) in [4.78, 5) is 26.4. The predicted octanol–water partition coefficient (Wildman–Crippen LogP) is 0.889. The fourth-order valence-electron chi connectivity index (χ4n) is 3.76. The zero-order valence-electron chi connectivity index (χ0n) is 16.0. The maximum absolute atomic E-state index is 12.3. The van der Waals surface area contributed by atoms with Crippen molar-refractivity contribution in [3.05, 3.63) is 0 Å². The molecule has 8 nitrogen and oxygen atoms in total. The molecule has 1 saturated carbocycles. The monoisotopic (exact) mass is 388 g/mol. The molecule has 3 amide bonds. The second kappa shape index (κ2) is 9.14. The van der Waals surface area contributed by atoms with Gasteiger partial charge < -0.3 is 5.32 Å². The first-order valence-electron chi connectivity index (χ1n) is 9.47. The first-order valence-corrected chi connectivity index (χ1v) is 11.3. The van der Waals surface area contributed by atoms with Crippen LogP contribution in [0.25, 0.3) is 0 Å². The lowest BCUT2D eigenvalue weighted by molar-refractivity contribution is -0.125. The van der Waals surface area contributed by atoms with E-state index in [9.17, 15) is 18.0 Å². The van der Waals surface area contributed by atoms with Gasteiger partial charge >= 0.3 is 6.03 Å². The molecule has 150 valence electrons. The molecule has 0 aromatic rings. The molecule has 0 spiro atoms. The molecule has 0 bridgehead atoms. The number of hydrogen-bond donors (Lipinski definition) is 2. The van der Waals surface area contributed by atoms with Crippen molar-refractivity contribution in [3.63, 3.8) is 0 Å². The molecule has 1 unspecified atom stereocenters. The molecule has 0 aromatic heterocycles. The quantitative estimate of drug-likeness (QED) is 0.729. The van der Waals surface area contributed by atoms with Gasteiger partial charge in [0.1, 0.15) is 0 Å². The second-order valence-corrected chi connectivity index (χ2v) is 9.56. The Bertz CT molecular complexity index is 596. The fourth-order valence-corrected chi connectivity index (χ4v) is 4.51. The fraction of sp³-hybridized carbons (Fsp3) is 0.882. The van der Waals surface area contributed by atoms with Gasteiger partial charge in [0.15, 0.2) is 0 Å². The van der Waals surface area contributed by atoms with Crippen LogP contribution in [0.3, 0.4) is 0 Å². The van der Waals surface area contributed by atoms with E-state index in [1.165, 1.54) is 17.0 Å². The first-order chi connectivity index (χ1) is 12.2. The van der Waals surface area contributed by atoms with Gasteiger partial charge in [0.25, 0.3) is 0 Å². The van der Waals surface area contributed by atoms with E-state index in [0.29, 0.717) is 25.9 Å². The summed E-state index contributed by atoms with van der Waals surface area (Å²) in [6.45, 7) is 3.04. The van der Waals surface area contributed by atoms with Crippen molar-refractivity contribution in [1.29, 1.82) is 0 Å². The smallest absolute Gasteiger partial charge is 0.321 e. The Morgan fingerprint density at radius 2 is 1.65 bits per heavy atom. The van der Waals surface area contributed by atoms with Crippen molar-refractivity contribution >= 4 is 22.0 Å².